The highest BCUT2D eigenvalue weighted by Crippen LogP contribution is 2.32. The van der Waals surface area contributed by atoms with E-state index in [1.165, 1.54) is 5.56 Å². The van der Waals surface area contributed by atoms with Gasteiger partial charge in [-0.25, -0.2) is 0 Å². The Balaban J connectivity index is 1.53. The van der Waals surface area contributed by atoms with Gasteiger partial charge < -0.3 is 14.5 Å². The van der Waals surface area contributed by atoms with E-state index in [-0.39, 0.29) is 11.8 Å². The lowest BCUT2D eigenvalue weighted by Gasteiger charge is -2.26. The standard InChI is InChI=1S/C22H24N2O3/c1-2-21(25)24-10-9-19-15-18(7-8-20(19)24)16-3-5-17(6-4-16)22(26)23-11-13-27-14-12-23/h3-8,15H,2,9-14H2,1H3. The van der Waals surface area contributed by atoms with Crippen LogP contribution >= 0.6 is 0 Å². The van der Waals surface area contributed by atoms with Gasteiger partial charge in [0.1, 0.15) is 0 Å². The van der Waals surface area contributed by atoms with Crippen LogP contribution in [0.3, 0.4) is 0 Å². The Bertz CT molecular complexity index is 854. The largest absolute Gasteiger partial charge is 0.378 e. The molecule has 0 aliphatic carbocycles. The van der Waals surface area contributed by atoms with Gasteiger partial charge in [-0.05, 0) is 47.4 Å². The van der Waals surface area contributed by atoms with E-state index in [4.69, 9.17) is 4.74 Å². The Morgan fingerprint density at radius 2 is 1.67 bits per heavy atom. The van der Waals surface area contributed by atoms with E-state index in [9.17, 15) is 9.59 Å². The molecule has 0 unspecified atom stereocenters. The molecule has 2 aromatic carbocycles. The lowest BCUT2D eigenvalue weighted by molar-refractivity contribution is -0.118. The maximum atomic E-state index is 12.6. The van der Waals surface area contributed by atoms with Gasteiger partial charge >= 0.3 is 0 Å². The van der Waals surface area contributed by atoms with Crippen molar-refractivity contribution in [2.45, 2.75) is 19.8 Å². The molecule has 2 amide bonds. The minimum Gasteiger partial charge on any atom is -0.378 e. The Morgan fingerprint density at radius 3 is 2.37 bits per heavy atom. The number of nitrogens with zero attached hydrogens (tertiary/aromatic N) is 2. The molecule has 140 valence electrons. The van der Waals surface area contributed by atoms with Gasteiger partial charge in [-0.2, -0.15) is 0 Å². The van der Waals surface area contributed by atoms with Gasteiger partial charge in [-0.15, -0.1) is 0 Å². The molecule has 1 fully saturated rings. The van der Waals surface area contributed by atoms with E-state index < -0.39 is 0 Å². The van der Waals surface area contributed by atoms with Crippen LogP contribution in [-0.4, -0.2) is 49.6 Å². The molecule has 2 aliphatic heterocycles. The highest BCUT2D eigenvalue weighted by Gasteiger charge is 2.24. The summed E-state index contributed by atoms with van der Waals surface area (Å²) in [7, 11) is 0. The van der Waals surface area contributed by atoms with Gasteiger partial charge in [0.2, 0.25) is 5.91 Å². The quantitative estimate of drug-likeness (QED) is 0.841. The molecule has 1 saturated heterocycles. The number of rotatable bonds is 3. The lowest BCUT2D eigenvalue weighted by Crippen LogP contribution is -2.40. The molecule has 2 heterocycles. The average molecular weight is 364 g/mol. The zero-order valence-electron chi connectivity index (χ0n) is 15.6. The molecule has 0 bridgehead atoms. The third-order valence-electron chi connectivity index (χ3n) is 5.34. The summed E-state index contributed by atoms with van der Waals surface area (Å²) < 4.78 is 5.31. The van der Waals surface area contributed by atoms with Gasteiger partial charge in [-0.1, -0.05) is 25.1 Å². The van der Waals surface area contributed by atoms with Crippen molar-refractivity contribution < 1.29 is 14.3 Å². The summed E-state index contributed by atoms with van der Waals surface area (Å²) in [6, 6.07) is 14.0. The molecule has 0 saturated carbocycles. The number of hydrogen-bond acceptors (Lipinski definition) is 3. The number of carbonyl (C=O) groups is 2. The number of ether oxygens (including phenoxy) is 1. The van der Waals surface area contributed by atoms with Crippen LogP contribution in [0, 0.1) is 0 Å². The van der Waals surface area contributed by atoms with Crippen molar-refractivity contribution in [1.82, 2.24) is 4.90 Å². The monoisotopic (exact) mass is 364 g/mol. The maximum absolute atomic E-state index is 12.6. The van der Waals surface area contributed by atoms with Crippen LogP contribution in [0.4, 0.5) is 5.69 Å². The Labute approximate surface area is 159 Å². The first-order valence-electron chi connectivity index (χ1n) is 9.58. The number of fused-ring (bicyclic) bond motifs is 1. The van der Waals surface area contributed by atoms with E-state index in [2.05, 4.69) is 12.1 Å². The molecular formula is C22H24N2O3. The first kappa shape index (κ1) is 17.7. The number of anilines is 1. The molecular weight excluding hydrogens is 340 g/mol. The Morgan fingerprint density at radius 1 is 0.963 bits per heavy atom. The first-order valence-corrected chi connectivity index (χ1v) is 9.58. The second-order valence-corrected chi connectivity index (χ2v) is 6.97. The Hall–Kier alpha value is -2.66. The molecule has 0 atom stereocenters. The minimum absolute atomic E-state index is 0.0625. The number of morpholine rings is 1. The highest BCUT2D eigenvalue weighted by atomic mass is 16.5. The van der Waals surface area contributed by atoms with Crippen molar-refractivity contribution in [3.05, 3.63) is 53.6 Å². The van der Waals surface area contributed by atoms with Crippen molar-refractivity contribution >= 4 is 17.5 Å². The summed E-state index contributed by atoms with van der Waals surface area (Å²) >= 11 is 0. The Kier molecular flexibility index (Phi) is 4.94. The van der Waals surface area contributed by atoms with Crippen LogP contribution in [-0.2, 0) is 16.0 Å². The smallest absolute Gasteiger partial charge is 0.254 e. The summed E-state index contributed by atoms with van der Waals surface area (Å²) in [5, 5.41) is 0. The van der Waals surface area contributed by atoms with Crippen molar-refractivity contribution in [2.75, 3.05) is 37.7 Å². The zero-order valence-corrected chi connectivity index (χ0v) is 15.6. The van der Waals surface area contributed by atoms with Gasteiger partial charge in [0.05, 0.1) is 13.2 Å². The minimum atomic E-state index is 0.0625. The van der Waals surface area contributed by atoms with Crippen LogP contribution in [0.25, 0.3) is 11.1 Å². The zero-order chi connectivity index (χ0) is 18.8. The molecule has 0 spiro atoms. The maximum Gasteiger partial charge on any atom is 0.254 e. The number of hydrogen-bond donors (Lipinski definition) is 0. The van der Waals surface area contributed by atoms with E-state index in [1.54, 1.807) is 0 Å². The normalized spacial score (nSPS) is 16.3. The molecule has 4 rings (SSSR count). The van der Waals surface area contributed by atoms with Gasteiger partial charge in [-0.3, -0.25) is 9.59 Å². The van der Waals surface area contributed by atoms with Crippen LogP contribution in [0.15, 0.2) is 42.5 Å². The van der Waals surface area contributed by atoms with Crippen molar-refractivity contribution in [3.63, 3.8) is 0 Å². The van der Waals surface area contributed by atoms with Crippen LogP contribution < -0.4 is 4.90 Å². The average Bonchev–Trinajstić information content (AvgIpc) is 3.16. The van der Waals surface area contributed by atoms with Crippen molar-refractivity contribution in [3.8, 4) is 11.1 Å². The van der Waals surface area contributed by atoms with Crippen molar-refractivity contribution in [2.24, 2.45) is 0 Å². The third kappa shape index (κ3) is 3.47. The van der Waals surface area contributed by atoms with Crippen molar-refractivity contribution in [1.29, 1.82) is 0 Å². The summed E-state index contributed by atoms with van der Waals surface area (Å²) in [4.78, 5) is 28.3. The fraction of sp³-hybridized carbons (Fsp3) is 0.364. The van der Waals surface area contributed by atoms with E-state index >= 15 is 0 Å². The van der Waals surface area contributed by atoms with Crippen LogP contribution in [0.5, 0.6) is 0 Å². The molecule has 0 aromatic heterocycles. The SMILES string of the molecule is CCC(=O)N1CCc2cc(-c3ccc(C(=O)N4CCOCC4)cc3)ccc21. The van der Waals surface area contributed by atoms with Gasteiger partial charge in [0.15, 0.2) is 0 Å². The van der Waals surface area contributed by atoms with Gasteiger partial charge in [0, 0.05) is 37.3 Å². The molecule has 5 nitrogen and oxygen atoms in total. The number of carbonyl (C=O) groups excluding carboxylic acids is 2. The molecule has 0 radical (unpaired) electrons. The molecule has 2 aromatic rings. The van der Waals surface area contributed by atoms with E-state index in [0.717, 1.165) is 29.8 Å². The summed E-state index contributed by atoms with van der Waals surface area (Å²) in [6.45, 7) is 5.18. The summed E-state index contributed by atoms with van der Waals surface area (Å²) in [5.41, 5.74) is 5.15. The predicted octanol–water partition coefficient (Wildman–Crippen LogP) is 3.13. The molecule has 5 heteroatoms. The highest BCUT2D eigenvalue weighted by molar-refractivity contribution is 5.96. The summed E-state index contributed by atoms with van der Waals surface area (Å²) in [5.74, 6) is 0.236. The topological polar surface area (TPSA) is 49.9 Å². The van der Waals surface area contributed by atoms with E-state index in [1.807, 2.05) is 47.1 Å². The second-order valence-electron chi connectivity index (χ2n) is 6.97. The number of amides is 2. The third-order valence-corrected chi connectivity index (χ3v) is 5.34. The molecule has 2 aliphatic rings. The lowest BCUT2D eigenvalue weighted by atomic mass is 10.00. The molecule has 0 N–H and O–H groups in total. The molecule has 27 heavy (non-hydrogen) atoms. The fourth-order valence-electron chi connectivity index (χ4n) is 3.79. The fourth-order valence-corrected chi connectivity index (χ4v) is 3.79. The van der Waals surface area contributed by atoms with E-state index in [0.29, 0.717) is 38.3 Å². The van der Waals surface area contributed by atoms with Crippen LogP contribution in [0.1, 0.15) is 29.3 Å². The predicted molar refractivity (Wildman–Crippen MR) is 105 cm³/mol. The van der Waals surface area contributed by atoms with Crippen LogP contribution in [0.2, 0.25) is 0 Å². The number of benzene rings is 2. The van der Waals surface area contributed by atoms with Gasteiger partial charge in [0.25, 0.3) is 5.91 Å². The first-order chi connectivity index (χ1) is 13.2. The summed E-state index contributed by atoms with van der Waals surface area (Å²) in [6.07, 6.45) is 1.42. The second kappa shape index (κ2) is 7.53.